The third-order valence-electron chi connectivity index (χ3n) is 3.44. The van der Waals surface area contributed by atoms with Crippen LogP contribution in [-0.4, -0.2) is 25.5 Å². The van der Waals surface area contributed by atoms with Crippen molar-refractivity contribution in [1.82, 2.24) is 5.32 Å². The average molecular weight is 322 g/mol. The molecule has 1 aromatic carbocycles. The molecule has 1 aliphatic heterocycles. The van der Waals surface area contributed by atoms with E-state index in [1.165, 1.54) is 0 Å². The number of benzene rings is 1. The molecule has 0 aromatic heterocycles. The second-order valence-electron chi connectivity index (χ2n) is 4.59. The van der Waals surface area contributed by atoms with Crippen molar-refractivity contribution in [3.8, 4) is 6.07 Å². The van der Waals surface area contributed by atoms with Gasteiger partial charge in [0, 0.05) is 18.1 Å². The second kappa shape index (κ2) is 6.07. The van der Waals surface area contributed by atoms with E-state index in [2.05, 4.69) is 27.3 Å². The number of nitrogens with zero attached hydrogens (tertiary/aromatic N) is 2. The van der Waals surface area contributed by atoms with Gasteiger partial charge in [-0.15, -0.1) is 0 Å². The molecule has 1 unspecified atom stereocenters. The molecule has 1 saturated heterocycles. The Labute approximate surface area is 121 Å². The fraction of sp³-hybridized carbons (Fsp3) is 0.429. The molecule has 5 heteroatoms. The van der Waals surface area contributed by atoms with E-state index in [0.29, 0.717) is 5.56 Å². The number of amides is 1. The number of carbonyl (C=O) groups excluding carboxylic acids is 1. The maximum atomic E-state index is 12.0. The van der Waals surface area contributed by atoms with E-state index >= 15 is 0 Å². The Morgan fingerprint density at radius 2 is 2.32 bits per heavy atom. The van der Waals surface area contributed by atoms with Gasteiger partial charge in [0.1, 0.15) is 12.1 Å². The van der Waals surface area contributed by atoms with Crippen LogP contribution in [0.4, 0.5) is 5.69 Å². The van der Waals surface area contributed by atoms with E-state index < -0.39 is 0 Å². The first-order valence-corrected chi connectivity index (χ1v) is 7.14. The quantitative estimate of drug-likeness (QED) is 0.910. The Balaban J connectivity index is 2.38. The van der Waals surface area contributed by atoms with E-state index in [1.54, 1.807) is 13.1 Å². The second-order valence-corrected chi connectivity index (χ2v) is 5.51. The molecule has 0 spiro atoms. The van der Waals surface area contributed by atoms with Crippen LogP contribution in [0.3, 0.4) is 0 Å². The van der Waals surface area contributed by atoms with Gasteiger partial charge in [-0.2, -0.15) is 5.26 Å². The fourth-order valence-corrected chi connectivity index (χ4v) is 2.87. The number of carbonyl (C=O) groups is 1. The molecule has 1 atom stereocenters. The van der Waals surface area contributed by atoms with Gasteiger partial charge in [0.05, 0.1) is 11.3 Å². The standard InChI is InChI=1S/C14H16BrN3O/c1-17-14(19)13-4-2-3-7-18(13)12-6-5-11(15)8-10(12)9-16/h5-6,8,13H,2-4,7H2,1H3,(H,17,19). The van der Waals surface area contributed by atoms with Gasteiger partial charge < -0.3 is 10.2 Å². The zero-order valence-corrected chi connectivity index (χ0v) is 12.4. The van der Waals surface area contributed by atoms with Crippen molar-refractivity contribution < 1.29 is 4.79 Å². The summed E-state index contributed by atoms with van der Waals surface area (Å²) in [6.07, 6.45) is 2.93. The van der Waals surface area contributed by atoms with E-state index in [0.717, 1.165) is 36.0 Å². The summed E-state index contributed by atoms with van der Waals surface area (Å²) in [7, 11) is 1.65. The first-order valence-electron chi connectivity index (χ1n) is 6.35. The van der Waals surface area contributed by atoms with Crippen LogP contribution in [0, 0.1) is 11.3 Å². The van der Waals surface area contributed by atoms with E-state index in [9.17, 15) is 10.1 Å². The molecule has 0 aliphatic carbocycles. The van der Waals surface area contributed by atoms with E-state index in [-0.39, 0.29) is 11.9 Å². The topological polar surface area (TPSA) is 56.1 Å². The highest BCUT2D eigenvalue weighted by molar-refractivity contribution is 9.10. The summed E-state index contributed by atoms with van der Waals surface area (Å²) in [6.45, 7) is 0.814. The van der Waals surface area contributed by atoms with Crippen molar-refractivity contribution >= 4 is 27.5 Å². The number of halogens is 1. The van der Waals surface area contributed by atoms with Gasteiger partial charge in [-0.25, -0.2) is 0 Å². The lowest BCUT2D eigenvalue weighted by Crippen LogP contribution is -2.49. The monoisotopic (exact) mass is 321 g/mol. The van der Waals surface area contributed by atoms with Crippen molar-refractivity contribution in [1.29, 1.82) is 5.26 Å². The molecule has 19 heavy (non-hydrogen) atoms. The highest BCUT2D eigenvalue weighted by atomic mass is 79.9. The molecule has 4 nitrogen and oxygen atoms in total. The molecule has 1 heterocycles. The molecule has 1 N–H and O–H groups in total. The van der Waals surface area contributed by atoms with Crippen molar-refractivity contribution in [3.63, 3.8) is 0 Å². The van der Waals surface area contributed by atoms with Gasteiger partial charge in [-0.05, 0) is 37.5 Å². The number of hydrogen-bond donors (Lipinski definition) is 1. The predicted molar refractivity (Wildman–Crippen MR) is 77.9 cm³/mol. The van der Waals surface area contributed by atoms with Crippen LogP contribution >= 0.6 is 15.9 Å². The zero-order valence-electron chi connectivity index (χ0n) is 10.8. The van der Waals surface area contributed by atoms with Crippen molar-refractivity contribution in [2.24, 2.45) is 0 Å². The number of anilines is 1. The number of rotatable bonds is 2. The highest BCUT2D eigenvalue weighted by Gasteiger charge is 2.29. The summed E-state index contributed by atoms with van der Waals surface area (Å²) >= 11 is 3.37. The molecule has 0 bridgehead atoms. The highest BCUT2D eigenvalue weighted by Crippen LogP contribution is 2.29. The van der Waals surface area contributed by atoms with Crippen molar-refractivity contribution in [2.75, 3.05) is 18.5 Å². The van der Waals surface area contributed by atoms with Gasteiger partial charge in [0.2, 0.25) is 5.91 Å². The molecule has 1 amide bonds. The third-order valence-corrected chi connectivity index (χ3v) is 3.93. The van der Waals surface area contributed by atoms with Gasteiger partial charge in [0.25, 0.3) is 0 Å². The molecule has 0 saturated carbocycles. The summed E-state index contributed by atoms with van der Waals surface area (Å²) in [6, 6.07) is 7.65. The summed E-state index contributed by atoms with van der Waals surface area (Å²) in [4.78, 5) is 14.0. The number of likely N-dealkylation sites (N-methyl/N-ethyl adjacent to an activating group) is 1. The van der Waals surface area contributed by atoms with Gasteiger partial charge >= 0.3 is 0 Å². The Morgan fingerprint density at radius 3 is 3.00 bits per heavy atom. The molecule has 1 fully saturated rings. The lowest BCUT2D eigenvalue weighted by atomic mass is 9.99. The number of nitrogens with one attached hydrogen (secondary N) is 1. The smallest absolute Gasteiger partial charge is 0.242 e. The lowest BCUT2D eigenvalue weighted by Gasteiger charge is -2.36. The van der Waals surface area contributed by atoms with E-state index in [4.69, 9.17) is 0 Å². The minimum atomic E-state index is -0.174. The largest absolute Gasteiger partial charge is 0.358 e. The first kappa shape index (κ1) is 13.9. The first-order chi connectivity index (χ1) is 9.17. The molecule has 100 valence electrons. The van der Waals surface area contributed by atoms with Crippen LogP contribution in [0.1, 0.15) is 24.8 Å². The lowest BCUT2D eigenvalue weighted by molar-refractivity contribution is -0.122. The fourth-order valence-electron chi connectivity index (χ4n) is 2.51. The van der Waals surface area contributed by atoms with Gasteiger partial charge in [0.15, 0.2) is 0 Å². The SMILES string of the molecule is CNC(=O)C1CCCCN1c1ccc(Br)cc1C#N. The summed E-state index contributed by atoms with van der Waals surface area (Å²) in [5.74, 6) is 0.0199. The van der Waals surface area contributed by atoms with Crippen LogP contribution in [0.2, 0.25) is 0 Å². The van der Waals surface area contributed by atoms with Crippen LogP contribution in [0.25, 0.3) is 0 Å². The minimum absolute atomic E-state index is 0.0199. The Kier molecular flexibility index (Phi) is 4.43. The molecular weight excluding hydrogens is 306 g/mol. The third kappa shape index (κ3) is 2.90. The number of hydrogen-bond acceptors (Lipinski definition) is 3. The van der Waals surface area contributed by atoms with Crippen molar-refractivity contribution in [3.05, 3.63) is 28.2 Å². The Morgan fingerprint density at radius 1 is 1.53 bits per heavy atom. The van der Waals surface area contributed by atoms with Crippen LogP contribution in [0.15, 0.2) is 22.7 Å². The summed E-state index contributed by atoms with van der Waals surface area (Å²) in [5.41, 5.74) is 1.45. The Hall–Kier alpha value is -1.54. The zero-order chi connectivity index (χ0) is 13.8. The summed E-state index contributed by atoms with van der Waals surface area (Å²) in [5, 5.41) is 12.0. The van der Waals surface area contributed by atoms with Crippen LogP contribution in [0.5, 0.6) is 0 Å². The maximum Gasteiger partial charge on any atom is 0.242 e. The Bertz CT molecular complexity index is 524. The molecular formula is C14H16BrN3O. The van der Waals surface area contributed by atoms with Crippen molar-refractivity contribution in [2.45, 2.75) is 25.3 Å². The van der Waals surface area contributed by atoms with Crippen LogP contribution in [-0.2, 0) is 4.79 Å². The molecule has 1 aromatic rings. The molecule has 0 radical (unpaired) electrons. The number of nitriles is 1. The van der Waals surface area contributed by atoms with E-state index in [1.807, 2.05) is 17.0 Å². The van der Waals surface area contributed by atoms with Crippen LogP contribution < -0.4 is 10.2 Å². The maximum absolute atomic E-state index is 12.0. The minimum Gasteiger partial charge on any atom is -0.358 e. The van der Waals surface area contributed by atoms with Gasteiger partial charge in [-0.3, -0.25) is 4.79 Å². The van der Waals surface area contributed by atoms with Gasteiger partial charge in [-0.1, -0.05) is 15.9 Å². The normalized spacial score (nSPS) is 18.8. The number of piperidine rings is 1. The molecule has 1 aliphatic rings. The molecule has 2 rings (SSSR count). The summed E-state index contributed by atoms with van der Waals surface area (Å²) < 4.78 is 0.876. The average Bonchev–Trinajstić information content (AvgIpc) is 2.46. The predicted octanol–water partition coefficient (Wildman–Crippen LogP) is 2.43.